The molecule has 0 bridgehead atoms. The minimum absolute atomic E-state index is 0.665. The summed E-state index contributed by atoms with van der Waals surface area (Å²) in [6, 6.07) is 7.92. The van der Waals surface area contributed by atoms with E-state index >= 15 is 0 Å². The molecule has 108 valence electrons. The van der Waals surface area contributed by atoms with Gasteiger partial charge < -0.3 is 0 Å². The molecule has 0 aliphatic rings. The molecule has 6 nitrogen and oxygen atoms in total. The van der Waals surface area contributed by atoms with Gasteiger partial charge in [-0.3, -0.25) is 9.08 Å². The fourth-order valence-electron chi connectivity index (χ4n) is 2.63. The molecule has 0 unspecified atom stereocenters. The lowest BCUT2D eigenvalue weighted by molar-refractivity contribution is 0.695. The Kier molecular flexibility index (Phi) is 2.75. The van der Waals surface area contributed by atoms with Crippen LogP contribution in [-0.2, 0) is 6.54 Å². The third-order valence-corrected chi connectivity index (χ3v) is 3.66. The molecule has 0 radical (unpaired) electrons. The Hall–Kier alpha value is -3.02. The van der Waals surface area contributed by atoms with Crippen LogP contribution in [0.25, 0.3) is 27.9 Å². The van der Waals surface area contributed by atoms with Gasteiger partial charge >= 0.3 is 0 Å². The highest BCUT2D eigenvalue weighted by atomic mass is 15.3. The van der Waals surface area contributed by atoms with E-state index < -0.39 is 0 Å². The van der Waals surface area contributed by atoms with Crippen LogP contribution < -0.4 is 0 Å². The lowest BCUT2D eigenvalue weighted by Gasteiger charge is -2.00. The Bertz CT molecular complexity index is 994. The average Bonchev–Trinajstić information content (AvgIpc) is 3.11. The molecular formula is C16H14N6. The van der Waals surface area contributed by atoms with Crippen LogP contribution in [0.4, 0.5) is 0 Å². The predicted octanol–water partition coefficient (Wildman–Crippen LogP) is 2.64. The Morgan fingerprint density at radius 1 is 1.23 bits per heavy atom. The van der Waals surface area contributed by atoms with Gasteiger partial charge in [0, 0.05) is 11.6 Å². The number of hydrogen-bond donors (Lipinski definition) is 0. The molecule has 0 amide bonds. The molecule has 3 heterocycles. The second-order valence-corrected chi connectivity index (χ2v) is 5.12. The van der Waals surface area contributed by atoms with Crippen LogP contribution in [0.5, 0.6) is 0 Å². The van der Waals surface area contributed by atoms with Crippen molar-refractivity contribution in [2.75, 3.05) is 0 Å². The highest BCUT2D eigenvalue weighted by Gasteiger charge is 2.15. The minimum atomic E-state index is 0.665. The van der Waals surface area contributed by atoms with Gasteiger partial charge in [0.1, 0.15) is 6.33 Å². The molecule has 22 heavy (non-hydrogen) atoms. The zero-order chi connectivity index (χ0) is 15.1. The predicted molar refractivity (Wildman–Crippen MR) is 84.4 cm³/mol. The maximum Gasteiger partial charge on any atom is 0.173 e. The molecule has 0 fully saturated rings. The Balaban J connectivity index is 1.96. The summed E-state index contributed by atoms with van der Waals surface area (Å²) in [4.78, 5) is 4.48. The summed E-state index contributed by atoms with van der Waals surface area (Å²) in [6.45, 7) is 6.37. The quantitative estimate of drug-likeness (QED) is 0.544. The van der Waals surface area contributed by atoms with E-state index in [0.717, 1.165) is 33.6 Å². The lowest BCUT2D eigenvalue weighted by Crippen LogP contribution is -1.94. The summed E-state index contributed by atoms with van der Waals surface area (Å²) >= 11 is 0. The van der Waals surface area contributed by atoms with E-state index in [9.17, 15) is 0 Å². The van der Waals surface area contributed by atoms with Crippen molar-refractivity contribution in [3.8, 4) is 11.4 Å². The highest BCUT2D eigenvalue weighted by Crippen LogP contribution is 2.24. The summed E-state index contributed by atoms with van der Waals surface area (Å²) in [7, 11) is 0. The number of fused-ring (bicyclic) bond motifs is 3. The number of benzene rings is 1. The molecular weight excluding hydrogens is 276 g/mol. The van der Waals surface area contributed by atoms with Crippen LogP contribution in [-0.4, -0.2) is 29.4 Å². The van der Waals surface area contributed by atoms with E-state index in [-0.39, 0.29) is 0 Å². The molecule has 0 N–H and O–H groups in total. The van der Waals surface area contributed by atoms with Gasteiger partial charge in [0.2, 0.25) is 0 Å². The van der Waals surface area contributed by atoms with Gasteiger partial charge in [-0.15, -0.1) is 16.8 Å². The number of allylic oxidation sites excluding steroid dienone is 1. The van der Waals surface area contributed by atoms with Crippen LogP contribution in [0.15, 0.2) is 49.4 Å². The minimum Gasteiger partial charge on any atom is -0.268 e. The smallest absolute Gasteiger partial charge is 0.173 e. The van der Waals surface area contributed by atoms with Gasteiger partial charge in [-0.1, -0.05) is 18.2 Å². The number of rotatable bonds is 3. The zero-order valence-corrected chi connectivity index (χ0v) is 12.1. The van der Waals surface area contributed by atoms with E-state index in [1.54, 1.807) is 6.33 Å². The molecule has 0 atom stereocenters. The number of para-hydroxylation sites is 1. The molecule has 6 heteroatoms. The first-order valence-corrected chi connectivity index (χ1v) is 7.01. The largest absolute Gasteiger partial charge is 0.268 e. The molecule has 0 spiro atoms. The van der Waals surface area contributed by atoms with Crippen molar-refractivity contribution in [3.63, 3.8) is 0 Å². The third kappa shape index (κ3) is 1.81. The van der Waals surface area contributed by atoms with E-state index in [2.05, 4.69) is 26.9 Å². The van der Waals surface area contributed by atoms with Crippen LogP contribution >= 0.6 is 0 Å². The van der Waals surface area contributed by atoms with Gasteiger partial charge in [0.25, 0.3) is 0 Å². The van der Waals surface area contributed by atoms with E-state index in [1.807, 2.05) is 52.5 Å². The van der Waals surface area contributed by atoms with Gasteiger partial charge in [0.05, 0.1) is 23.3 Å². The molecule has 1 aromatic carbocycles. The summed E-state index contributed by atoms with van der Waals surface area (Å²) < 4.78 is 3.75. The second kappa shape index (κ2) is 4.77. The second-order valence-electron chi connectivity index (χ2n) is 5.12. The van der Waals surface area contributed by atoms with Crippen molar-refractivity contribution >= 4 is 16.6 Å². The monoisotopic (exact) mass is 290 g/mol. The first-order valence-electron chi connectivity index (χ1n) is 7.01. The van der Waals surface area contributed by atoms with E-state index in [0.29, 0.717) is 6.54 Å². The molecule has 0 saturated carbocycles. The van der Waals surface area contributed by atoms with Gasteiger partial charge in [-0.05, 0) is 19.1 Å². The van der Waals surface area contributed by atoms with E-state index in [1.165, 1.54) is 0 Å². The average molecular weight is 290 g/mol. The fourth-order valence-corrected chi connectivity index (χ4v) is 2.63. The van der Waals surface area contributed by atoms with Gasteiger partial charge in [-0.25, -0.2) is 4.98 Å². The summed E-state index contributed by atoms with van der Waals surface area (Å²) in [5.74, 6) is 0.751. The fraction of sp³-hybridized carbons (Fsp3) is 0.125. The van der Waals surface area contributed by atoms with Crippen LogP contribution in [0, 0.1) is 6.92 Å². The van der Waals surface area contributed by atoms with Crippen molar-refractivity contribution < 1.29 is 0 Å². The Morgan fingerprint density at radius 3 is 2.95 bits per heavy atom. The molecule has 0 aliphatic carbocycles. The van der Waals surface area contributed by atoms with Gasteiger partial charge in [0.15, 0.2) is 11.5 Å². The van der Waals surface area contributed by atoms with Crippen molar-refractivity contribution in [2.45, 2.75) is 13.5 Å². The van der Waals surface area contributed by atoms with Gasteiger partial charge in [-0.2, -0.15) is 5.10 Å². The Morgan fingerprint density at radius 2 is 2.09 bits per heavy atom. The summed E-state index contributed by atoms with van der Waals surface area (Å²) in [5, 5.41) is 14.1. The normalized spacial score (nSPS) is 11.3. The first kappa shape index (κ1) is 12.7. The number of nitrogens with zero attached hydrogens (tertiary/aromatic N) is 6. The molecule has 4 aromatic rings. The number of hydrogen-bond acceptors (Lipinski definition) is 4. The zero-order valence-electron chi connectivity index (χ0n) is 12.1. The molecule has 3 aromatic heterocycles. The third-order valence-electron chi connectivity index (χ3n) is 3.66. The number of aryl methyl sites for hydroxylation is 1. The van der Waals surface area contributed by atoms with Crippen molar-refractivity contribution in [2.24, 2.45) is 0 Å². The van der Waals surface area contributed by atoms with E-state index in [4.69, 9.17) is 0 Å². The standard InChI is InChI=1S/C16H14N6/c1-3-8-21-9-13(11(2)20-21)16-19-18-15-12-6-4-5-7-14(12)17-10-22(15)16/h3-7,9-10H,1,8H2,2H3. The van der Waals surface area contributed by atoms with Crippen LogP contribution in [0.1, 0.15) is 5.69 Å². The Labute approximate surface area is 126 Å². The van der Waals surface area contributed by atoms with Crippen LogP contribution in [0.3, 0.4) is 0 Å². The summed E-state index contributed by atoms with van der Waals surface area (Å²) in [5.41, 5.74) is 3.57. The SMILES string of the molecule is C=CCn1cc(-c2nnc3c4ccccc4ncn23)c(C)n1. The van der Waals surface area contributed by atoms with Crippen LogP contribution in [0.2, 0.25) is 0 Å². The van der Waals surface area contributed by atoms with Crippen molar-refractivity contribution in [3.05, 3.63) is 55.1 Å². The maximum absolute atomic E-state index is 4.48. The molecule has 0 aliphatic heterocycles. The number of aromatic nitrogens is 6. The molecule has 4 rings (SSSR count). The summed E-state index contributed by atoms with van der Waals surface area (Å²) in [6.07, 6.45) is 5.53. The highest BCUT2D eigenvalue weighted by molar-refractivity contribution is 5.91. The topological polar surface area (TPSA) is 60.9 Å². The maximum atomic E-state index is 4.48. The van der Waals surface area contributed by atoms with Crippen molar-refractivity contribution in [1.29, 1.82) is 0 Å². The first-order chi connectivity index (χ1) is 10.8. The molecule has 0 saturated heterocycles. The lowest BCUT2D eigenvalue weighted by atomic mass is 10.2. The van der Waals surface area contributed by atoms with Crippen molar-refractivity contribution in [1.82, 2.24) is 29.4 Å².